The number of aromatic nitrogens is 2. The number of methoxy groups -OCH3 is 1. The second kappa shape index (κ2) is 11.4. The summed E-state index contributed by atoms with van der Waals surface area (Å²) in [5.41, 5.74) is 4.47. The van der Waals surface area contributed by atoms with Crippen LogP contribution in [0.5, 0.6) is 5.75 Å². The molecule has 0 radical (unpaired) electrons. The molecule has 2 amide bonds. The molecule has 43 heavy (non-hydrogen) atoms. The second-order valence-corrected chi connectivity index (χ2v) is 11.2. The first-order chi connectivity index (χ1) is 21.1. The van der Waals surface area contributed by atoms with E-state index in [0.29, 0.717) is 49.0 Å². The predicted octanol–water partition coefficient (Wildman–Crippen LogP) is 5.44. The van der Waals surface area contributed by atoms with Gasteiger partial charge in [0.15, 0.2) is 5.58 Å². The molecule has 0 bridgehead atoms. The Balaban J connectivity index is 1.10. The molecule has 9 heteroatoms. The number of likely N-dealkylation sites (tertiary alicyclic amines) is 1. The lowest BCUT2D eigenvalue weighted by Gasteiger charge is -2.34. The number of carbonyl (C=O) groups is 2. The fraction of sp³-hybridized carbons (Fsp3) is 0.294. The summed E-state index contributed by atoms with van der Waals surface area (Å²) in [4.78, 5) is 40.9. The SMILES string of the molecule is COc1ccc2nc(-c3ccccc3)cc(C(=O)N3CC[C@H](NC(=O)[C@@H]4CCCCN4c4nc5ccccc5o4)C3)c2c1. The molecule has 0 aliphatic carbocycles. The van der Waals surface area contributed by atoms with Gasteiger partial charge < -0.3 is 24.3 Å². The summed E-state index contributed by atoms with van der Waals surface area (Å²) < 4.78 is 11.5. The van der Waals surface area contributed by atoms with Gasteiger partial charge in [0.1, 0.15) is 17.3 Å². The number of nitrogens with zero attached hydrogens (tertiary/aromatic N) is 4. The lowest BCUT2D eigenvalue weighted by Crippen LogP contribution is -2.52. The van der Waals surface area contributed by atoms with E-state index in [1.807, 2.05) is 88.7 Å². The van der Waals surface area contributed by atoms with Crippen LogP contribution >= 0.6 is 0 Å². The Labute approximate surface area is 249 Å². The maximum Gasteiger partial charge on any atom is 0.299 e. The fourth-order valence-electron chi connectivity index (χ4n) is 6.21. The minimum absolute atomic E-state index is 0.0493. The van der Waals surface area contributed by atoms with Crippen molar-refractivity contribution in [2.24, 2.45) is 0 Å². The monoisotopic (exact) mass is 575 g/mol. The highest BCUT2D eigenvalue weighted by molar-refractivity contribution is 6.07. The van der Waals surface area contributed by atoms with Gasteiger partial charge in [-0.1, -0.05) is 42.5 Å². The topological polar surface area (TPSA) is 101 Å². The minimum atomic E-state index is -0.364. The van der Waals surface area contributed by atoms with E-state index in [2.05, 4.69) is 10.3 Å². The van der Waals surface area contributed by atoms with E-state index in [1.54, 1.807) is 7.11 Å². The maximum absolute atomic E-state index is 14.0. The molecule has 2 aliphatic rings. The number of hydrogen-bond donors (Lipinski definition) is 1. The van der Waals surface area contributed by atoms with Crippen LogP contribution in [0.25, 0.3) is 33.3 Å². The first-order valence-corrected chi connectivity index (χ1v) is 14.8. The smallest absolute Gasteiger partial charge is 0.299 e. The average molecular weight is 576 g/mol. The van der Waals surface area contributed by atoms with E-state index in [-0.39, 0.29) is 23.9 Å². The van der Waals surface area contributed by atoms with Crippen molar-refractivity contribution in [2.75, 3.05) is 31.6 Å². The van der Waals surface area contributed by atoms with Gasteiger partial charge in [0, 0.05) is 36.6 Å². The summed E-state index contributed by atoms with van der Waals surface area (Å²) in [5.74, 6) is 0.533. The van der Waals surface area contributed by atoms with E-state index in [0.717, 1.165) is 46.9 Å². The molecule has 0 saturated carbocycles. The lowest BCUT2D eigenvalue weighted by molar-refractivity contribution is -0.123. The Morgan fingerprint density at radius 3 is 2.58 bits per heavy atom. The van der Waals surface area contributed by atoms with Crippen LogP contribution in [0.3, 0.4) is 0 Å². The van der Waals surface area contributed by atoms with Crippen LogP contribution in [0.1, 0.15) is 36.0 Å². The van der Waals surface area contributed by atoms with Crippen molar-refractivity contribution in [1.29, 1.82) is 0 Å². The van der Waals surface area contributed by atoms with Crippen LogP contribution in [0, 0.1) is 0 Å². The first-order valence-electron chi connectivity index (χ1n) is 14.8. The first kappa shape index (κ1) is 26.9. The average Bonchev–Trinajstić information content (AvgIpc) is 3.71. The number of ether oxygens (including phenoxy) is 1. The van der Waals surface area contributed by atoms with Crippen molar-refractivity contribution in [3.63, 3.8) is 0 Å². The molecule has 0 unspecified atom stereocenters. The third kappa shape index (κ3) is 5.27. The van der Waals surface area contributed by atoms with Crippen LogP contribution in [0.2, 0.25) is 0 Å². The third-order valence-corrected chi connectivity index (χ3v) is 8.47. The highest BCUT2D eigenvalue weighted by Crippen LogP contribution is 2.31. The number of carbonyl (C=O) groups excluding carboxylic acids is 2. The van der Waals surface area contributed by atoms with Gasteiger partial charge in [-0.3, -0.25) is 9.59 Å². The van der Waals surface area contributed by atoms with Gasteiger partial charge in [-0.25, -0.2) is 4.98 Å². The quantitative estimate of drug-likeness (QED) is 0.288. The number of anilines is 1. The number of pyridine rings is 1. The lowest BCUT2D eigenvalue weighted by atomic mass is 10.0. The number of fused-ring (bicyclic) bond motifs is 2. The molecule has 9 nitrogen and oxygen atoms in total. The van der Waals surface area contributed by atoms with Gasteiger partial charge in [-0.2, -0.15) is 4.98 Å². The molecule has 2 fully saturated rings. The largest absolute Gasteiger partial charge is 0.497 e. The fourth-order valence-corrected chi connectivity index (χ4v) is 6.21. The van der Waals surface area contributed by atoms with E-state index in [9.17, 15) is 9.59 Å². The van der Waals surface area contributed by atoms with Gasteiger partial charge >= 0.3 is 0 Å². The van der Waals surface area contributed by atoms with E-state index in [4.69, 9.17) is 14.1 Å². The van der Waals surface area contributed by atoms with Crippen molar-refractivity contribution in [2.45, 2.75) is 37.8 Å². The minimum Gasteiger partial charge on any atom is -0.497 e. The zero-order valence-electron chi connectivity index (χ0n) is 24.0. The standard InChI is InChI=1S/C34H33N5O4/c1-42-24-14-15-27-25(19-24)26(20-29(36-27)22-9-3-2-4-10-22)33(41)38-18-16-23(21-38)35-32(40)30-12-7-8-17-39(30)34-37-28-11-5-6-13-31(28)43-34/h2-6,9-11,13-15,19-20,23,30H,7-8,12,16-18,21H2,1H3,(H,35,40)/t23-,30-/m0/s1. The zero-order valence-corrected chi connectivity index (χ0v) is 24.0. The summed E-state index contributed by atoms with van der Waals surface area (Å²) in [6.45, 7) is 1.70. The molecule has 0 spiro atoms. The maximum atomic E-state index is 14.0. The molecule has 2 saturated heterocycles. The molecule has 2 aromatic heterocycles. The normalized spacial score (nSPS) is 18.7. The third-order valence-electron chi connectivity index (χ3n) is 8.47. The number of para-hydroxylation sites is 2. The highest BCUT2D eigenvalue weighted by Gasteiger charge is 2.35. The zero-order chi connectivity index (χ0) is 29.3. The Morgan fingerprint density at radius 2 is 1.74 bits per heavy atom. The van der Waals surface area contributed by atoms with Crippen LogP contribution in [0.4, 0.5) is 6.01 Å². The molecular weight excluding hydrogens is 542 g/mol. The molecule has 5 aromatic rings. The summed E-state index contributed by atoms with van der Waals surface area (Å²) in [7, 11) is 1.61. The second-order valence-electron chi connectivity index (χ2n) is 11.2. The predicted molar refractivity (Wildman–Crippen MR) is 165 cm³/mol. The van der Waals surface area contributed by atoms with E-state index >= 15 is 0 Å². The summed E-state index contributed by atoms with van der Waals surface area (Å²) in [5, 5.41) is 3.98. The summed E-state index contributed by atoms with van der Waals surface area (Å²) in [6.07, 6.45) is 3.36. The van der Waals surface area contributed by atoms with Crippen LogP contribution in [0.15, 0.2) is 83.3 Å². The Bertz CT molecular complexity index is 1770. The number of piperidine rings is 1. The van der Waals surface area contributed by atoms with Crippen molar-refractivity contribution in [3.8, 4) is 17.0 Å². The van der Waals surface area contributed by atoms with Gasteiger partial charge in [0.05, 0.1) is 23.9 Å². The van der Waals surface area contributed by atoms with Crippen molar-refractivity contribution in [3.05, 3.63) is 84.4 Å². The van der Waals surface area contributed by atoms with Crippen molar-refractivity contribution in [1.82, 2.24) is 20.2 Å². The highest BCUT2D eigenvalue weighted by atomic mass is 16.5. The molecule has 218 valence electrons. The number of amides is 2. The van der Waals surface area contributed by atoms with Crippen LogP contribution in [-0.2, 0) is 4.79 Å². The molecule has 2 aliphatic heterocycles. The molecular formula is C34H33N5O4. The van der Waals surface area contributed by atoms with Gasteiger partial charge in [0.2, 0.25) is 5.91 Å². The number of nitrogens with one attached hydrogen (secondary N) is 1. The van der Waals surface area contributed by atoms with Gasteiger partial charge in [-0.05, 0) is 62.1 Å². The Kier molecular flexibility index (Phi) is 7.14. The van der Waals surface area contributed by atoms with E-state index < -0.39 is 0 Å². The van der Waals surface area contributed by atoms with Crippen LogP contribution < -0.4 is 15.0 Å². The number of benzene rings is 3. The van der Waals surface area contributed by atoms with Crippen molar-refractivity contribution < 1.29 is 18.7 Å². The Hall–Kier alpha value is -4.92. The molecule has 1 N–H and O–H groups in total. The Morgan fingerprint density at radius 1 is 0.907 bits per heavy atom. The molecule has 3 aromatic carbocycles. The number of hydrogen-bond acceptors (Lipinski definition) is 7. The number of rotatable bonds is 6. The van der Waals surface area contributed by atoms with Crippen LogP contribution in [-0.4, -0.2) is 65.5 Å². The number of oxazole rings is 1. The molecule has 2 atom stereocenters. The van der Waals surface area contributed by atoms with Crippen molar-refractivity contribution >= 4 is 39.8 Å². The van der Waals surface area contributed by atoms with E-state index in [1.165, 1.54) is 0 Å². The summed E-state index contributed by atoms with van der Waals surface area (Å²) in [6, 6.07) is 25.0. The molecule has 4 heterocycles. The van der Waals surface area contributed by atoms with Gasteiger partial charge in [0.25, 0.3) is 11.9 Å². The molecule has 7 rings (SSSR count). The summed E-state index contributed by atoms with van der Waals surface area (Å²) >= 11 is 0. The van der Waals surface area contributed by atoms with Gasteiger partial charge in [-0.15, -0.1) is 0 Å².